The number of ketones is 1. The summed E-state index contributed by atoms with van der Waals surface area (Å²) in [5.74, 6) is 0.911. The lowest BCUT2D eigenvalue weighted by molar-refractivity contribution is -0.119. The summed E-state index contributed by atoms with van der Waals surface area (Å²) < 4.78 is 11.1. The van der Waals surface area contributed by atoms with Crippen molar-refractivity contribution >= 4 is 28.0 Å². The first-order chi connectivity index (χ1) is 17.1. The van der Waals surface area contributed by atoms with Crippen molar-refractivity contribution in [2.75, 3.05) is 19.1 Å². The summed E-state index contributed by atoms with van der Waals surface area (Å²) in [5.41, 5.74) is 3.98. The minimum atomic E-state index is -0.391. The van der Waals surface area contributed by atoms with Gasteiger partial charge in [0.2, 0.25) is 5.91 Å². The summed E-state index contributed by atoms with van der Waals surface area (Å²) in [6.07, 6.45) is 8.34. The third-order valence-corrected chi connectivity index (χ3v) is 8.73. The second-order valence-corrected chi connectivity index (χ2v) is 10.5. The standard InChI is InChI=1S/C28H30N2O4S/c1-33-17-12-13-24(34-2)19(14-17)20-15-26(32)30(22-9-7-10-23(31)27(20)22)28-21(16-29)18-8-5-3-4-6-11-25(18)35-28/h12-14,20H,3-11,15H2,1-2H3. The number of methoxy groups -OCH3 is 2. The average Bonchev–Trinajstić information content (AvgIpc) is 3.18. The number of nitriles is 1. The highest BCUT2D eigenvalue weighted by Gasteiger charge is 2.42. The number of thiophene rings is 1. The van der Waals surface area contributed by atoms with Crippen LogP contribution in [0.2, 0.25) is 0 Å². The van der Waals surface area contributed by atoms with Crippen LogP contribution < -0.4 is 14.4 Å². The quantitative estimate of drug-likeness (QED) is 0.539. The molecule has 182 valence electrons. The molecule has 3 aliphatic rings. The van der Waals surface area contributed by atoms with Gasteiger partial charge >= 0.3 is 0 Å². The highest BCUT2D eigenvalue weighted by atomic mass is 32.1. The van der Waals surface area contributed by atoms with E-state index in [0.29, 0.717) is 46.9 Å². The van der Waals surface area contributed by atoms with Crippen LogP contribution in [0.25, 0.3) is 0 Å². The molecule has 0 bridgehead atoms. The van der Waals surface area contributed by atoms with Crippen molar-refractivity contribution in [3.63, 3.8) is 0 Å². The van der Waals surface area contributed by atoms with E-state index in [1.54, 1.807) is 30.5 Å². The summed E-state index contributed by atoms with van der Waals surface area (Å²) in [4.78, 5) is 30.1. The van der Waals surface area contributed by atoms with Gasteiger partial charge in [0.25, 0.3) is 0 Å². The maximum absolute atomic E-state index is 13.8. The van der Waals surface area contributed by atoms with E-state index in [4.69, 9.17) is 9.47 Å². The second-order valence-electron chi connectivity index (χ2n) is 9.44. The molecule has 2 aromatic rings. The Morgan fingerprint density at radius 1 is 1.00 bits per heavy atom. The van der Waals surface area contributed by atoms with E-state index in [2.05, 4.69) is 6.07 Å². The largest absolute Gasteiger partial charge is 0.497 e. The molecule has 0 spiro atoms. The number of nitrogens with zero attached hydrogens (tertiary/aromatic N) is 2. The van der Waals surface area contributed by atoms with Crippen molar-refractivity contribution in [2.24, 2.45) is 0 Å². The molecule has 5 rings (SSSR count). The van der Waals surface area contributed by atoms with E-state index >= 15 is 0 Å². The van der Waals surface area contributed by atoms with E-state index in [1.165, 1.54) is 17.7 Å². The van der Waals surface area contributed by atoms with Crippen LogP contribution in [-0.4, -0.2) is 25.9 Å². The Hall–Kier alpha value is -3.11. The highest BCUT2D eigenvalue weighted by Crippen LogP contribution is 2.49. The number of hydrogen-bond donors (Lipinski definition) is 0. The smallest absolute Gasteiger partial charge is 0.232 e. The minimum absolute atomic E-state index is 0.0703. The Labute approximate surface area is 210 Å². The molecule has 0 N–H and O–H groups in total. The third-order valence-electron chi connectivity index (χ3n) is 7.46. The number of rotatable bonds is 4. The van der Waals surface area contributed by atoms with Crippen molar-refractivity contribution < 1.29 is 19.1 Å². The molecule has 1 amide bonds. The highest BCUT2D eigenvalue weighted by molar-refractivity contribution is 7.16. The Morgan fingerprint density at radius 2 is 1.80 bits per heavy atom. The van der Waals surface area contributed by atoms with Gasteiger partial charge in [0.15, 0.2) is 5.78 Å². The zero-order valence-electron chi connectivity index (χ0n) is 20.3. The summed E-state index contributed by atoms with van der Waals surface area (Å²) in [6.45, 7) is 0. The molecule has 1 aromatic carbocycles. The van der Waals surface area contributed by atoms with E-state index in [9.17, 15) is 14.9 Å². The molecule has 0 saturated heterocycles. The van der Waals surface area contributed by atoms with E-state index in [1.807, 2.05) is 18.2 Å². The predicted octanol–water partition coefficient (Wildman–Crippen LogP) is 5.82. The van der Waals surface area contributed by atoms with Gasteiger partial charge in [-0.15, -0.1) is 11.3 Å². The topological polar surface area (TPSA) is 79.6 Å². The Morgan fingerprint density at radius 3 is 2.54 bits per heavy atom. The number of fused-ring (bicyclic) bond motifs is 1. The molecule has 0 radical (unpaired) electrons. The Kier molecular flexibility index (Phi) is 6.66. The lowest BCUT2D eigenvalue weighted by atomic mass is 9.77. The van der Waals surface area contributed by atoms with Crippen LogP contribution in [0.1, 0.15) is 78.9 Å². The molecule has 0 fully saturated rings. The average molecular weight is 491 g/mol. The summed E-state index contributed by atoms with van der Waals surface area (Å²) in [7, 11) is 3.20. The number of benzene rings is 1. The van der Waals surface area contributed by atoms with Crippen LogP contribution in [-0.2, 0) is 22.4 Å². The van der Waals surface area contributed by atoms with Crippen LogP contribution in [0.15, 0.2) is 29.5 Å². The van der Waals surface area contributed by atoms with E-state index in [-0.39, 0.29) is 18.1 Å². The maximum atomic E-state index is 13.8. The van der Waals surface area contributed by atoms with Crippen LogP contribution in [0.3, 0.4) is 0 Å². The molecule has 6 nitrogen and oxygen atoms in total. The minimum Gasteiger partial charge on any atom is -0.497 e. The summed E-state index contributed by atoms with van der Waals surface area (Å²) >= 11 is 1.58. The lowest BCUT2D eigenvalue weighted by Crippen LogP contribution is -2.40. The molecule has 2 aliphatic carbocycles. The first kappa shape index (κ1) is 23.6. The second kappa shape index (κ2) is 9.87. The molecule has 1 unspecified atom stereocenters. The zero-order chi connectivity index (χ0) is 24.5. The first-order valence-electron chi connectivity index (χ1n) is 12.4. The van der Waals surface area contributed by atoms with E-state index in [0.717, 1.165) is 42.5 Å². The van der Waals surface area contributed by atoms with Crippen LogP contribution in [0.5, 0.6) is 11.5 Å². The number of hydrogen-bond acceptors (Lipinski definition) is 6. The molecule has 35 heavy (non-hydrogen) atoms. The monoisotopic (exact) mass is 490 g/mol. The summed E-state index contributed by atoms with van der Waals surface area (Å²) in [5, 5.41) is 10.9. The number of ether oxygens (including phenoxy) is 2. The number of amides is 1. The van der Waals surface area contributed by atoms with Gasteiger partial charge in [-0.05, 0) is 62.3 Å². The number of carbonyl (C=O) groups is 2. The van der Waals surface area contributed by atoms with Crippen molar-refractivity contribution in [1.29, 1.82) is 5.26 Å². The number of Topliss-reactive ketones (excluding diaryl/α,β-unsaturated/α-hetero) is 1. The van der Waals surface area contributed by atoms with Gasteiger partial charge in [-0.2, -0.15) is 5.26 Å². The number of aryl methyl sites for hydroxylation is 1. The Balaban J connectivity index is 1.67. The van der Waals surface area contributed by atoms with Gasteiger partial charge in [0, 0.05) is 40.5 Å². The van der Waals surface area contributed by atoms with Crippen LogP contribution in [0.4, 0.5) is 5.00 Å². The summed E-state index contributed by atoms with van der Waals surface area (Å²) in [6, 6.07) is 7.94. The number of allylic oxidation sites excluding steroid dienone is 2. The van der Waals surface area contributed by atoms with Crippen molar-refractivity contribution in [3.8, 4) is 17.6 Å². The fraction of sp³-hybridized carbons (Fsp3) is 0.464. The lowest BCUT2D eigenvalue weighted by Gasteiger charge is -2.38. The fourth-order valence-corrected chi connectivity index (χ4v) is 7.16. The van der Waals surface area contributed by atoms with Gasteiger partial charge in [-0.3, -0.25) is 14.5 Å². The molecule has 1 atom stereocenters. The van der Waals surface area contributed by atoms with Crippen molar-refractivity contribution in [1.82, 2.24) is 0 Å². The van der Waals surface area contributed by atoms with Crippen LogP contribution >= 0.6 is 11.3 Å². The molecular weight excluding hydrogens is 460 g/mol. The van der Waals surface area contributed by atoms with Gasteiger partial charge < -0.3 is 9.47 Å². The molecule has 1 aromatic heterocycles. The predicted molar refractivity (Wildman–Crippen MR) is 135 cm³/mol. The maximum Gasteiger partial charge on any atom is 0.232 e. The van der Waals surface area contributed by atoms with Gasteiger partial charge in [-0.1, -0.05) is 12.8 Å². The van der Waals surface area contributed by atoms with Crippen LogP contribution in [0, 0.1) is 11.3 Å². The molecule has 1 aliphatic heterocycles. The van der Waals surface area contributed by atoms with Gasteiger partial charge in [0.1, 0.15) is 22.6 Å². The molecular formula is C28H30N2O4S. The normalized spacial score (nSPS) is 20.5. The molecule has 0 saturated carbocycles. The number of anilines is 1. The third kappa shape index (κ3) is 4.14. The Bertz CT molecular complexity index is 1250. The van der Waals surface area contributed by atoms with Gasteiger partial charge in [-0.25, -0.2) is 0 Å². The van der Waals surface area contributed by atoms with Crippen molar-refractivity contribution in [3.05, 3.63) is 51.0 Å². The first-order valence-corrected chi connectivity index (χ1v) is 13.2. The van der Waals surface area contributed by atoms with E-state index < -0.39 is 5.92 Å². The molecule has 7 heteroatoms. The zero-order valence-corrected chi connectivity index (χ0v) is 21.1. The van der Waals surface area contributed by atoms with Gasteiger partial charge in [0.05, 0.1) is 19.8 Å². The SMILES string of the molecule is COc1ccc(OC)c(C2CC(=O)N(c3sc4c(c3C#N)CCCCCC4)C3=C2C(=O)CCC3)c1. The van der Waals surface area contributed by atoms with Crippen molar-refractivity contribution in [2.45, 2.75) is 70.1 Å². The fourth-order valence-electron chi connectivity index (χ4n) is 5.78. The number of carbonyl (C=O) groups excluding carboxylic acids is 2. The molecule has 2 heterocycles.